The molecule has 3 aromatic rings. The fraction of sp³-hybridized carbons (Fsp3) is 0.258. The number of nitrogens with one attached hydrogen (secondary N) is 1. The lowest BCUT2D eigenvalue weighted by Gasteiger charge is -2.35. The Morgan fingerprint density at radius 2 is 1.69 bits per heavy atom. The summed E-state index contributed by atoms with van der Waals surface area (Å²) in [7, 11) is 1.60. The zero-order valence-corrected chi connectivity index (χ0v) is 21.7. The van der Waals surface area contributed by atoms with Gasteiger partial charge >= 0.3 is 5.97 Å². The van der Waals surface area contributed by atoms with Crippen LogP contribution in [0.1, 0.15) is 54.3 Å². The third-order valence-electron chi connectivity index (χ3n) is 7.33. The molecule has 1 aliphatic carbocycles. The molecule has 0 unspecified atom stereocenters. The molecule has 2 N–H and O–H groups in total. The van der Waals surface area contributed by atoms with Crippen molar-refractivity contribution in [2.75, 3.05) is 17.3 Å². The number of Topliss-reactive ketones (excluding diaryl/α,β-unsaturated/α-hetero) is 1. The Morgan fingerprint density at radius 3 is 2.36 bits per heavy atom. The molecule has 2 atom stereocenters. The monoisotopic (exact) mass is 528 g/mol. The van der Waals surface area contributed by atoms with Gasteiger partial charge in [0, 0.05) is 24.1 Å². The van der Waals surface area contributed by atoms with Crippen LogP contribution in [0.2, 0.25) is 0 Å². The summed E-state index contributed by atoms with van der Waals surface area (Å²) in [4.78, 5) is 40.5. The van der Waals surface area contributed by atoms with E-state index in [1.807, 2.05) is 49.4 Å². The summed E-state index contributed by atoms with van der Waals surface area (Å²) in [5.74, 6) is -1.45. The summed E-state index contributed by atoms with van der Waals surface area (Å²) in [5, 5.41) is 12.7. The Morgan fingerprint density at radius 1 is 1.00 bits per heavy atom. The van der Waals surface area contributed by atoms with E-state index in [0.717, 1.165) is 16.9 Å². The van der Waals surface area contributed by atoms with Gasteiger partial charge in [-0.1, -0.05) is 30.3 Å². The number of fused-ring (bicyclic) bond motifs is 1. The van der Waals surface area contributed by atoms with Gasteiger partial charge in [0.1, 0.15) is 11.6 Å². The number of ketones is 1. The molecule has 7 nitrogen and oxygen atoms in total. The third-order valence-corrected chi connectivity index (χ3v) is 7.33. The maximum Gasteiger partial charge on any atom is 0.303 e. The minimum atomic E-state index is -1.09. The summed E-state index contributed by atoms with van der Waals surface area (Å²) >= 11 is 0. The molecule has 0 saturated carbocycles. The molecule has 3 aromatic carbocycles. The van der Waals surface area contributed by atoms with Crippen LogP contribution in [0.15, 0.2) is 78.0 Å². The zero-order valence-electron chi connectivity index (χ0n) is 21.7. The zero-order chi connectivity index (χ0) is 27.7. The minimum absolute atomic E-state index is 0.0910. The highest BCUT2D eigenvalue weighted by Gasteiger charge is 2.41. The van der Waals surface area contributed by atoms with Crippen LogP contribution in [0.4, 0.5) is 15.8 Å². The molecule has 1 aliphatic heterocycles. The number of anilines is 2. The number of allylic oxidation sites excluding steroid dienone is 1. The largest absolute Gasteiger partial charge is 0.497 e. The Hall–Kier alpha value is -4.46. The molecule has 0 bridgehead atoms. The molecule has 0 fully saturated rings. The van der Waals surface area contributed by atoms with Crippen LogP contribution in [0.25, 0.3) is 0 Å². The van der Waals surface area contributed by atoms with Gasteiger partial charge in [-0.3, -0.25) is 19.3 Å². The molecule has 8 heteroatoms. The number of aliphatic carboxylic acids is 1. The summed E-state index contributed by atoms with van der Waals surface area (Å²) in [6.07, 6.45) is 0.164. The number of aryl methyl sites for hydroxylation is 1. The summed E-state index contributed by atoms with van der Waals surface area (Å²) in [5.41, 5.74) is 4.78. The fourth-order valence-corrected chi connectivity index (χ4v) is 5.43. The number of carbonyl (C=O) groups is 3. The van der Waals surface area contributed by atoms with Crippen molar-refractivity contribution >= 4 is 29.0 Å². The molecule has 0 spiro atoms. The molecule has 5 rings (SSSR count). The number of hydrogen-bond acceptors (Lipinski definition) is 5. The summed E-state index contributed by atoms with van der Waals surface area (Å²) < 4.78 is 19.2. The maximum atomic E-state index is 14.0. The molecule has 0 radical (unpaired) electrons. The van der Waals surface area contributed by atoms with E-state index in [1.165, 1.54) is 17.0 Å². The average molecular weight is 529 g/mol. The van der Waals surface area contributed by atoms with E-state index in [4.69, 9.17) is 4.74 Å². The number of hydrogen-bond donors (Lipinski definition) is 2. The molecule has 200 valence electrons. The van der Waals surface area contributed by atoms with Crippen molar-refractivity contribution in [3.05, 3.63) is 101 Å². The van der Waals surface area contributed by atoms with E-state index >= 15 is 0 Å². The van der Waals surface area contributed by atoms with Crippen LogP contribution in [0.5, 0.6) is 5.75 Å². The van der Waals surface area contributed by atoms with Gasteiger partial charge in [-0.15, -0.1) is 0 Å². The molecule has 39 heavy (non-hydrogen) atoms. The molecule has 1 amide bonds. The van der Waals surface area contributed by atoms with Gasteiger partial charge in [-0.25, -0.2) is 4.39 Å². The van der Waals surface area contributed by atoms with Gasteiger partial charge in [0.05, 0.1) is 30.9 Å². The molecular formula is C31H29FN2O5. The number of amides is 1. The number of carboxylic acid groups (broad SMARTS) is 1. The molecular weight excluding hydrogens is 499 g/mol. The number of rotatable bonds is 6. The second-order valence-corrected chi connectivity index (χ2v) is 9.95. The van der Waals surface area contributed by atoms with Crippen molar-refractivity contribution in [2.24, 2.45) is 0 Å². The van der Waals surface area contributed by atoms with Crippen molar-refractivity contribution in [3.8, 4) is 5.75 Å². The molecule has 1 heterocycles. The van der Waals surface area contributed by atoms with Crippen molar-refractivity contribution in [2.45, 2.75) is 44.6 Å². The van der Waals surface area contributed by atoms with E-state index < -0.39 is 23.7 Å². The van der Waals surface area contributed by atoms with Crippen LogP contribution in [0, 0.1) is 12.7 Å². The quantitative estimate of drug-likeness (QED) is 0.413. The topological polar surface area (TPSA) is 95.9 Å². The molecule has 0 aromatic heterocycles. The van der Waals surface area contributed by atoms with Crippen LogP contribution < -0.4 is 15.0 Å². The lowest BCUT2D eigenvalue weighted by molar-refractivity contribution is -0.138. The maximum absolute atomic E-state index is 14.0. The van der Waals surface area contributed by atoms with Gasteiger partial charge in [0.2, 0.25) is 5.91 Å². The average Bonchev–Trinajstić information content (AvgIpc) is 3.06. The molecule has 2 aliphatic rings. The summed E-state index contributed by atoms with van der Waals surface area (Å²) in [6, 6.07) is 18.2. The normalized spacial score (nSPS) is 18.5. The van der Waals surface area contributed by atoms with E-state index in [9.17, 15) is 23.9 Å². The number of benzene rings is 3. The lowest BCUT2D eigenvalue weighted by atomic mass is 9.78. The van der Waals surface area contributed by atoms with E-state index in [0.29, 0.717) is 34.6 Å². The van der Waals surface area contributed by atoms with Crippen LogP contribution in [-0.2, 0) is 14.4 Å². The molecule has 0 saturated heterocycles. The second-order valence-electron chi connectivity index (χ2n) is 9.95. The first kappa shape index (κ1) is 26.2. The SMILES string of the molecule is COc1ccc([C@H]2CC(=O)C3=C(C2)Nc2ccc(C)cc2N(C(=O)CCC(=O)O)[C@H]3c2ccc(F)cc2)cc1. The van der Waals surface area contributed by atoms with Crippen molar-refractivity contribution in [1.82, 2.24) is 0 Å². The predicted octanol–water partition coefficient (Wildman–Crippen LogP) is 5.91. The first-order chi connectivity index (χ1) is 18.7. The fourth-order valence-electron chi connectivity index (χ4n) is 5.43. The minimum Gasteiger partial charge on any atom is -0.497 e. The predicted molar refractivity (Wildman–Crippen MR) is 145 cm³/mol. The number of methoxy groups -OCH3 is 1. The van der Waals surface area contributed by atoms with Crippen molar-refractivity contribution in [1.29, 1.82) is 0 Å². The van der Waals surface area contributed by atoms with E-state index in [1.54, 1.807) is 19.2 Å². The second kappa shape index (κ2) is 10.7. The van der Waals surface area contributed by atoms with Gasteiger partial charge in [0.15, 0.2) is 5.78 Å². The van der Waals surface area contributed by atoms with Crippen LogP contribution >= 0.6 is 0 Å². The Kier molecular flexibility index (Phi) is 7.19. The smallest absolute Gasteiger partial charge is 0.303 e. The first-order valence-corrected chi connectivity index (χ1v) is 12.8. The highest BCUT2D eigenvalue weighted by Crippen LogP contribution is 2.48. The van der Waals surface area contributed by atoms with Gasteiger partial charge in [0.25, 0.3) is 0 Å². The van der Waals surface area contributed by atoms with Crippen LogP contribution in [0.3, 0.4) is 0 Å². The lowest BCUT2D eigenvalue weighted by Crippen LogP contribution is -2.38. The Bertz CT molecular complexity index is 1460. The number of halogens is 1. The Labute approximate surface area is 225 Å². The first-order valence-electron chi connectivity index (χ1n) is 12.8. The third kappa shape index (κ3) is 5.27. The van der Waals surface area contributed by atoms with Gasteiger partial charge in [-0.2, -0.15) is 0 Å². The van der Waals surface area contributed by atoms with E-state index in [2.05, 4.69) is 5.32 Å². The summed E-state index contributed by atoms with van der Waals surface area (Å²) in [6.45, 7) is 1.90. The van der Waals surface area contributed by atoms with Gasteiger partial charge < -0.3 is 15.2 Å². The Balaban J connectivity index is 1.67. The number of ether oxygens (including phenoxy) is 1. The van der Waals surface area contributed by atoms with Crippen molar-refractivity contribution in [3.63, 3.8) is 0 Å². The highest BCUT2D eigenvalue weighted by atomic mass is 19.1. The number of carbonyl (C=O) groups excluding carboxylic acids is 2. The van der Waals surface area contributed by atoms with E-state index in [-0.39, 0.29) is 31.0 Å². The highest BCUT2D eigenvalue weighted by molar-refractivity contribution is 6.06. The van der Waals surface area contributed by atoms with Crippen LogP contribution in [-0.4, -0.2) is 29.9 Å². The standard InChI is InChI=1S/C31H29FN2O5/c1-18-3-12-24-26(15-18)34(28(36)13-14-29(37)38)31(20-4-8-22(32)9-5-20)30-25(33-24)16-21(17-27(30)35)19-6-10-23(39-2)11-7-19/h3-12,15,21,31,33H,13-14,16-17H2,1-2H3,(H,37,38)/t21-,31+/m1/s1. The van der Waals surface area contributed by atoms with Crippen molar-refractivity contribution < 1.29 is 28.6 Å². The number of nitrogens with zero attached hydrogens (tertiary/aromatic N) is 1. The number of carboxylic acids is 1. The van der Waals surface area contributed by atoms with Gasteiger partial charge in [-0.05, 0) is 72.4 Å².